The van der Waals surface area contributed by atoms with Crippen molar-refractivity contribution in [1.82, 2.24) is 9.97 Å². The summed E-state index contributed by atoms with van der Waals surface area (Å²) in [5.41, 5.74) is 7.04. The first kappa shape index (κ1) is 17.5. The Hall–Kier alpha value is -1.82. The van der Waals surface area contributed by atoms with Gasteiger partial charge < -0.3 is 15.4 Å². The highest BCUT2D eigenvalue weighted by Gasteiger charge is 2.09. The van der Waals surface area contributed by atoms with E-state index in [4.69, 9.17) is 10.5 Å². The lowest BCUT2D eigenvalue weighted by atomic mass is 10.3. The summed E-state index contributed by atoms with van der Waals surface area (Å²) in [5.74, 6) is 1.10. The molecule has 23 heavy (non-hydrogen) atoms. The van der Waals surface area contributed by atoms with Gasteiger partial charge in [0.15, 0.2) is 0 Å². The number of nitrogens with zero attached hydrogens (tertiary/aromatic N) is 3. The lowest BCUT2D eigenvalue weighted by Gasteiger charge is -2.24. The van der Waals surface area contributed by atoms with Crippen LogP contribution in [0.4, 0.5) is 11.5 Å². The predicted molar refractivity (Wildman–Crippen MR) is 97.5 cm³/mol. The van der Waals surface area contributed by atoms with Crippen molar-refractivity contribution in [3.63, 3.8) is 0 Å². The molecule has 126 valence electrons. The molecule has 2 aromatic rings. The molecule has 0 aliphatic carbocycles. The maximum absolute atomic E-state index is 5.95. The number of aryl methyl sites for hydroxylation is 1. The third kappa shape index (κ3) is 5.39. The minimum absolute atomic E-state index is 0.503. The number of pyridine rings is 1. The lowest BCUT2D eigenvalue weighted by molar-refractivity contribution is 0.311. The molecule has 2 aromatic heterocycles. The molecule has 2 N–H and O–H groups in total. The summed E-state index contributed by atoms with van der Waals surface area (Å²) in [4.78, 5) is 12.1. The molecule has 2 heterocycles. The molecule has 0 fully saturated rings. The minimum atomic E-state index is 0.503. The van der Waals surface area contributed by atoms with E-state index in [1.165, 1.54) is 4.88 Å². The van der Waals surface area contributed by atoms with Crippen molar-refractivity contribution in [2.75, 3.05) is 30.3 Å². The zero-order valence-electron chi connectivity index (χ0n) is 14.2. The maximum Gasteiger partial charge on any atom is 0.217 e. The summed E-state index contributed by atoms with van der Waals surface area (Å²) in [7, 11) is 0. The summed E-state index contributed by atoms with van der Waals surface area (Å²) in [6, 6.07) is 3.91. The van der Waals surface area contributed by atoms with Crippen molar-refractivity contribution in [3.05, 3.63) is 28.2 Å². The summed E-state index contributed by atoms with van der Waals surface area (Å²) < 4.78 is 5.81. The van der Waals surface area contributed by atoms with Crippen LogP contribution in [0.25, 0.3) is 0 Å². The van der Waals surface area contributed by atoms with Gasteiger partial charge in [0.2, 0.25) is 5.88 Å². The van der Waals surface area contributed by atoms with Crippen LogP contribution in [0.15, 0.2) is 18.3 Å². The molecule has 0 bridgehead atoms. The first-order chi connectivity index (χ1) is 11.1. The fourth-order valence-electron chi connectivity index (χ4n) is 2.45. The molecule has 0 saturated carbocycles. The van der Waals surface area contributed by atoms with E-state index in [1.807, 2.05) is 25.3 Å². The molecule has 0 spiro atoms. The number of hydrogen-bond donors (Lipinski definition) is 1. The second-order valence-corrected chi connectivity index (χ2v) is 6.84. The summed E-state index contributed by atoms with van der Waals surface area (Å²) in [5, 5.41) is 1.08. The smallest absolute Gasteiger partial charge is 0.217 e. The average Bonchev–Trinajstić information content (AvgIpc) is 2.92. The molecule has 0 aromatic carbocycles. The number of aromatic nitrogens is 2. The normalized spacial score (nSPS) is 10.7. The Balaban J connectivity index is 2.00. The molecule has 0 aliphatic heterocycles. The third-order valence-corrected chi connectivity index (χ3v) is 4.40. The van der Waals surface area contributed by atoms with Gasteiger partial charge in [-0.05, 0) is 19.8 Å². The predicted octanol–water partition coefficient (Wildman–Crippen LogP) is 3.68. The van der Waals surface area contributed by atoms with Crippen LogP contribution in [-0.4, -0.2) is 29.7 Å². The number of rotatable bonds is 9. The van der Waals surface area contributed by atoms with Crippen LogP contribution in [0.1, 0.15) is 36.6 Å². The van der Waals surface area contributed by atoms with Crippen molar-refractivity contribution in [2.45, 2.75) is 40.0 Å². The fourth-order valence-corrected chi connectivity index (χ4v) is 3.23. The molecule has 2 rings (SSSR count). The van der Waals surface area contributed by atoms with Crippen molar-refractivity contribution in [2.24, 2.45) is 0 Å². The third-order valence-electron chi connectivity index (χ3n) is 3.43. The van der Waals surface area contributed by atoms with Gasteiger partial charge in [-0.25, -0.2) is 4.98 Å². The topological polar surface area (TPSA) is 64.3 Å². The SMILES string of the molecule is CCCN(CCC)c1cc(N)nc(OCCc2cnc(C)s2)c1. The second kappa shape index (κ2) is 8.72. The van der Waals surface area contributed by atoms with Gasteiger partial charge in [-0.2, -0.15) is 4.98 Å². The van der Waals surface area contributed by atoms with Crippen LogP contribution in [0.3, 0.4) is 0 Å². The van der Waals surface area contributed by atoms with Crippen molar-refractivity contribution >= 4 is 22.8 Å². The number of anilines is 2. The van der Waals surface area contributed by atoms with Crippen LogP contribution in [0.2, 0.25) is 0 Å². The van der Waals surface area contributed by atoms with E-state index in [0.29, 0.717) is 18.3 Å². The zero-order valence-corrected chi connectivity index (χ0v) is 15.0. The van der Waals surface area contributed by atoms with Crippen LogP contribution >= 0.6 is 11.3 Å². The van der Waals surface area contributed by atoms with E-state index in [-0.39, 0.29) is 0 Å². The molecular formula is C17H26N4OS. The van der Waals surface area contributed by atoms with Gasteiger partial charge in [0.1, 0.15) is 5.82 Å². The van der Waals surface area contributed by atoms with Crippen LogP contribution in [0.5, 0.6) is 5.88 Å². The van der Waals surface area contributed by atoms with Crippen molar-refractivity contribution in [3.8, 4) is 5.88 Å². The first-order valence-electron chi connectivity index (χ1n) is 8.19. The molecule has 0 aliphatic rings. The average molecular weight is 334 g/mol. The number of nitrogens with two attached hydrogens (primary N) is 1. The summed E-state index contributed by atoms with van der Waals surface area (Å²) in [6.45, 7) is 8.98. The Labute approximate surface area is 142 Å². The molecule has 6 heteroatoms. The lowest BCUT2D eigenvalue weighted by Crippen LogP contribution is -2.25. The van der Waals surface area contributed by atoms with Gasteiger partial charge in [-0.15, -0.1) is 11.3 Å². The standard InChI is InChI=1S/C17H26N4OS/c1-4-7-21(8-5-2)14-10-16(18)20-17(11-14)22-9-6-15-12-19-13(3)23-15/h10-12H,4-9H2,1-3H3,(H2,18,20). The Bertz CT molecular complexity index is 608. The van der Waals surface area contributed by atoms with E-state index >= 15 is 0 Å². The molecule has 0 saturated heterocycles. The molecule has 0 amide bonds. The van der Waals surface area contributed by atoms with Crippen molar-refractivity contribution < 1.29 is 4.74 Å². The van der Waals surface area contributed by atoms with Gasteiger partial charge in [0.25, 0.3) is 0 Å². The van der Waals surface area contributed by atoms with Gasteiger partial charge in [0.05, 0.1) is 11.6 Å². The van der Waals surface area contributed by atoms with Crippen LogP contribution in [-0.2, 0) is 6.42 Å². The van der Waals surface area contributed by atoms with E-state index < -0.39 is 0 Å². The van der Waals surface area contributed by atoms with Gasteiger partial charge in [0, 0.05) is 48.4 Å². The quantitative estimate of drug-likeness (QED) is 0.758. The molecule has 0 atom stereocenters. The number of nitrogen functional groups attached to an aromatic ring is 1. The highest BCUT2D eigenvalue weighted by atomic mass is 32.1. The molecular weight excluding hydrogens is 308 g/mol. The minimum Gasteiger partial charge on any atom is -0.477 e. The van der Waals surface area contributed by atoms with Gasteiger partial charge in [-0.1, -0.05) is 13.8 Å². The first-order valence-corrected chi connectivity index (χ1v) is 9.00. The Kier molecular flexibility index (Phi) is 6.65. The number of ether oxygens (including phenoxy) is 1. The van der Waals surface area contributed by atoms with E-state index in [1.54, 1.807) is 11.3 Å². The summed E-state index contributed by atoms with van der Waals surface area (Å²) >= 11 is 1.70. The van der Waals surface area contributed by atoms with Crippen LogP contribution in [0, 0.1) is 6.92 Å². The number of hydrogen-bond acceptors (Lipinski definition) is 6. The van der Waals surface area contributed by atoms with E-state index in [9.17, 15) is 0 Å². The highest BCUT2D eigenvalue weighted by molar-refractivity contribution is 7.11. The Morgan fingerprint density at radius 1 is 1.22 bits per heavy atom. The van der Waals surface area contributed by atoms with E-state index in [2.05, 4.69) is 28.7 Å². The van der Waals surface area contributed by atoms with Gasteiger partial charge >= 0.3 is 0 Å². The molecule has 5 nitrogen and oxygen atoms in total. The van der Waals surface area contributed by atoms with Gasteiger partial charge in [-0.3, -0.25) is 0 Å². The fraction of sp³-hybridized carbons (Fsp3) is 0.529. The van der Waals surface area contributed by atoms with Crippen molar-refractivity contribution in [1.29, 1.82) is 0 Å². The highest BCUT2D eigenvalue weighted by Crippen LogP contribution is 2.23. The molecule has 0 unspecified atom stereocenters. The number of thiazole rings is 1. The second-order valence-electron chi connectivity index (χ2n) is 5.52. The Morgan fingerprint density at radius 2 is 1.96 bits per heavy atom. The van der Waals surface area contributed by atoms with E-state index in [0.717, 1.165) is 43.0 Å². The molecule has 0 radical (unpaired) electrons. The zero-order chi connectivity index (χ0) is 16.7. The van der Waals surface area contributed by atoms with Crippen LogP contribution < -0.4 is 15.4 Å². The summed E-state index contributed by atoms with van der Waals surface area (Å²) in [6.07, 6.45) is 4.95. The Morgan fingerprint density at radius 3 is 2.57 bits per heavy atom. The maximum atomic E-state index is 5.95. The monoisotopic (exact) mass is 334 g/mol. The largest absolute Gasteiger partial charge is 0.477 e.